The number of hydrogen-bond acceptors (Lipinski definition) is 3. The summed E-state index contributed by atoms with van der Waals surface area (Å²) in [5.74, 6) is 0. The number of hydrogen-bond donors (Lipinski definition) is 2. The number of nitrogens with one attached hydrogen (secondary N) is 1. The SMILES string of the molecule is NCCCc1[nH]c(=O)nc2c(Cl)cccc12. The Labute approximate surface area is 97.5 Å². The van der Waals surface area contributed by atoms with Gasteiger partial charge in [0.2, 0.25) is 0 Å². The van der Waals surface area contributed by atoms with Crippen LogP contribution in [-0.4, -0.2) is 16.5 Å². The molecule has 0 amide bonds. The van der Waals surface area contributed by atoms with Crippen molar-refractivity contribution in [3.8, 4) is 0 Å². The van der Waals surface area contributed by atoms with Crippen molar-refractivity contribution >= 4 is 22.5 Å². The zero-order chi connectivity index (χ0) is 11.5. The molecule has 84 valence electrons. The molecule has 0 bridgehead atoms. The van der Waals surface area contributed by atoms with Gasteiger partial charge in [0.1, 0.15) is 0 Å². The quantitative estimate of drug-likeness (QED) is 0.849. The molecule has 1 aromatic heterocycles. The highest BCUT2D eigenvalue weighted by molar-refractivity contribution is 6.35. The molecule has 0 aliphatic heterocycles. The maximum Gasteiger partial charge on any atom is 0.345 e. The Morgan fingerprint density at radius 2 is 2.25 bits per heavy atom. The van der Waals surface area contributed by atoms with Gasteiger partial charge in [-0.3, -0.25) is 0 Å². The van der Waals surface area contributed by atoms with E-state index < -0.39 is 0 Å². The highest BCUT2D eigenvalue weighted by Crippen LogP contribution is 2.22. The van der Waals surface area contributed by atoms with Crippen LogP contribution in [-0.2, 0) is 6.42 Å². The fourth-order valence-electron chi connectivity index (χ4n) is 1.67. The molecule has 0 aliphatic carbocycles. The van der Waals surface area contributed by atoms with Gasteiger partial charge in [-0.25, -0.2) is 4.79 Å². The van der Waals surface area contributed by atoms with Gasteiger partial charge in [-0.05, 0) is 25.5 Å². The minimum atomic E-state index is -0.368. The number of rotatable bonds is 3. The van der Waals surface area contributed by atoms with Crippen molar-refractivity contribution in [1.82, 2.24) is 9.97 Å². The molecule has 4 nitrogen and oxygen atoms in total. The van der Waals surface area contributed by atoms with E-state index >= 15 is 0 Å². The third kappa shape index (κ3) is 2.08. The molecular formula is C11H12ClN3O. The Kier molecular flexibility index (Phi) is 3.22. The van der Waals surface area contributed by atoms with Crippen LogP contribution < -0.4 is 11.4 Å². The second kappa shape index (κ2) is 4.63. The van der Waals surface area contributed by atoms with Crippen molar-refractivity contribution in [2.24, 2.45) is 5.73 Å². The van der Waals surface area contributed by atoms with Crippen LogP contribution in [0.25, 0.3) is 10.9 Å². The van der Waals surface area contributed by atoms with E-state index in [0.29, 0.717) is 17.1 Å². The van der Waals surface area contributed by atoms with E-state index in [0.717, 1.165) is 23.9 Å². The average molecular weight is 238 g/mol. The molecule has 2 rings (SSSR count). The molecule has 0 saturated heterocycles. The van der Waals surface area contributed by atoms with Gasteiger partial charge in [-0.1, -0.05) is 23.7 Å². The summed E-state index contributed by atoms with van der Waals surface area (Å²) in [4.78, 5) is 18.0. The predicted molar refractivity (Wildman–Crippen MR) is 64.7 cm³/mol. The van der Waals surface area contributed by atoms with E-state index in [1.165, 1.54) is 0 Å². The minimum absolute atomic E-state index is 0.368. The third-order valence-electron chi connectivity index (χ3n) is 2.41. The fourth-order valence-corrected chi connectivity index (χ4v) is 1.89. The number of benzene rings is 1. The van der Waals surface area contributed by atoms with Gasteiger partial charge in [-0.2, -0.15) is 4.98 Å². The molecule has 0 atom stereocenters. The monoisotopic (exact) mass is 237 g/mol. The first-order valence-electron chi connectivity index (χ1n) is 5.10. The van der Waals surface area contributed by atoms with Crippen molar-refractivity contribution in [3.63, 3.8) is 0 Å². The molecule has 2 aromatic rings. The van der Waals surface area contributed by atoms with Crippen molar-refractivity contribution in [2.75, 3.05) is 6.54 Å². The maximum absolute atomic E-state index is 11.4. The topological polar surface area (TPSA) is 71.8 Å². The highest BCUT2D eigenvalue weighted by atomic mass is 35.5. The number of aromatic amines is 1. The van der Waals surface area contributed by atoms with E-state index in [1.807, 2.05) is 12.1 Å². The first kappa shape index (κ1) is 11.1. The number of aromatic nitrogens is 2. The molecule has 0 unspecified atom stereocenters. The molecule has 0 aliphatic rings. The van der Waals surface area contributed by atoms with Crippen LogP contribution in [0.3, 0.4) is 0 Å². The zero-order valence-corrected chi connectivity index (χ0v) is 9.42. The predicted octanol–water partition coefficient (Wildman–Crippen LogP) is 1.47. The summed E-state index contributed by atoms with van der Waals surface area (Å²) in [5.41, 5.74) is 6.49. The van der Waals surface area contributed by atoms with Crippen LogP contribution in [0, 0.1) is 0 Å². The average Bonchev–Trinajstić information content (AvgIpc) is 2.27. The molecule has 0 radical (unpaired) electrons. The van der Waals surface area contributed by atoms with Crippen molar-refractivity contribution < 1.29 is 0 Å². The smallest absolute Gasteiger partial charge is 0.330 e. The summed E-state index contributed by atoms with van der Waals surface area (Å²) < 4.78 is 0. The Balaban J connectivity index is 2.63. The molecule has 5 heteroatoms. The molecule has 0 saturated carbocycles. The van der Waals surface area contributed by atoms with Crippen molar-refractivity contribution in [3.05, 3.63) is 39.4 Å². The standard InChI is InChI=1S/C11H12ClN3O/c12-8-4-1-3-7-9(5-2-6-13)14-11(16)15-10(7)8/h1,3-4H,2,5-6,13H2,(H,14,15,16). The summed E-state index contributed by atoms with van der Waals surface area (Å²) >= 11 is 6.00. The minimum Gasteiger partial charge on any atom is -0.330 e. The van der Waals surface area contributed by atoms with Crippen molar-refractivity contribution in [1.29, 1.82) is 0 Å². The summed E-state index contributed by atoms with van der Waals surface area (Å²) in [5, 5.41) is 1.39. The largest absolute Gasteiger partial charge is 0.345 e. The number of aryl methyl sites for hydroxylation is 1. The van der Waals surface area contributed by atoms with Gasteiger partial charge >= 0.3 is 5.69 Å². The fraction of sp³-hybridized carbons (Fsp3) is 0.273. The Morgan fingerprint density at radius 3 is 3.00 bits per heavy atom. The van der Waals surface area contributed by atoms with Gasteiger partial charge < -0.3 is 10.7 Å². The summed E-state index contributed by atoms with van der Waals surface area (Å²) in [6, 6.07) is 5.47. The van der Waals surface area contributed by atoms with E-state index in [2.05, 4.69) is 9.97 Å². The van der Waals surface area contributed by atoms with Crippen LogP contribution in [0.2, 0.25) is 5.02 Å². The lowest BCUT2D eigenvalue weighted by molar-refractivity contribution is 0.808. The molecule has 3 N–H and O–H groups in total. The van der Waals surface area contributed by atoms with Crippen molar-refractivity contribution in [2.45, 2.75) is 12.8 Å². The molecule has 16 heavy (non-hydrogen) atoms. The van der Waals surface area contributed by atoms with Gasteiger partial charge in [0, 0.05) is 11.1 Å². The van der Waals surface area contributed by atoms with Crippen LogP contribution in [0.4, 0.5) is 0 Å². The highest BCUT2D eigenvalue weighted by Gasteiger charge is 2.06. The Bertz CT molecular complexity index is 565. The third-order valence-corrected chi connectivity index (χ3v) is 2.72. The number of para-hydroxylation sites is 1. The van der Waals surface area contributed by atoms with Gasteiger partial charge in [0.15, 0.2) is 0 Å². The van der Waals surface area contributed by atoms with Crippen LogP contribution >= 0.6 is 11.6 Å². The normalized spacial score (nSPS) is 10.9. The first-order chi connectivity index (χ1) is 7.72. The van der Waals surface area contributed by atoms with Gasteiger partial charge in [0.25, 0.3) is 0 Å². The van der Waals surface area contributed by atoms with E-state index in [1.54, 1.807) is 6.07 Å². The maximum atomic E-state index is 11.4. The lowest BCUT2D eigenvalue weighted by atomic mass is 10.1. The molecule has 0 fully saturated rings. The van der Waals surface area contributed by atoms with Gasteiger partial charge in [-0.15, -0.1) is 0 Å². The number of nitrogens with two attached hydrogens (primary N) is 1. The lowest BCUT2D eigenvalue weighted by Crippen LogP contribution is -2.14. The van der Waals surface area contributed by atoms with Crippen LogP contribution in [0.5, 0.6) is 0 Å². The Morgan fingerprint density at radius 1 is 1.44 bits per heavy atom. The number of H-pyrrole nitrogens is 1. The van der Waals surface area contributed by atoms with E-state index in [9.17, 15) is 4.79 Å². The zero-order valence-electron chi connectivity index (χ0n) is 8.66. The van der Waals surface area contributed by atoms with Crippen LogP contribution in [0.15, 0.2) is 23.0 Å². The molecule has 0 spiro atoms. The van der Waals surface area contributed by atoms with E-state index in [4.69, 9.17) is 17.3 Å². The molecule has 1 aromatic carbocycles. The summed E-state index contributed by atoms with van der Waals surface area (Å²) in [6.45, 7) is 0.590. The first-order valence-corrected chi connectivity index (χ1v) is 5.47. The molecule has 1 heterocycles. The lowest BCUT2D eigenvalue weighted by Gasteiger charge is -2.05. The van der Waals surface area contributed by atoms with Crippen LogP contribution in [0.1, 0.15) is 12.1 Å². The second-order valence-electron chi connectivity index (χ2n) is 3.55. The van der Waals surface area contributed by atoms with Gasteiger partial charge in [0.05, 0.1) is 10.5 Å². The van der Waals surface area contributed by atoms with E-state index in [-0.39, 0.29) is 5.69 Å². The number of halogens is 1. The second-order valence-corrected chi connectivity index (χ2v) is 3.96. The summed E-state index contributed by atoms with van der Waals surface area (Å²) in [7, 11) is 0. The molecular weight excluding hydrogens is 226 g/mol. The number of nitrogens with zero attached hydrogens (tertiary/aromatic N) is 1. The Hall–Kier alpha value is -1.39. The number of fused-ring (bicyclic) bond motifs is 1. The summed E-state index contributed by atoms with van der Waals surface area (Å²) in [6.07, 6.45) is 1.55.